The van der Waals surface area contributed by atoms with Gasteiger partial charge in [-0.1, -0.05) is 11.8 Å². The van der Waals surface area contributed by atoms with Gasteiger partial charge < -0.3 is 19.4 Å². The second kappa shape index (κ2) is 10.5. The number of ether oxygens (including phenoxy) is 2. The molecule has 1 amide bonds. The topological polar surface area (TPSA) is 89.5 Å². The fraction of sp³-hybridized carbons (Fsp3) is 0.409. The Morgan fingerprint density at radius 2 is 1.91 bits per heavy atom. The number of morpholine rings is 1. The van der Waals surface area contributed by atoms with Crippen LogP contribution in [0, 0.1) is 0 Å². The summed E-state index contributed by atoms with van der Waals surface area (Å²) in [5.41, 5.74) is 0.952. The van der Waals surface area contributed by atoms with Crippen molar-refractivity contribution in [3.63, 3.8) is 0 Å². The molecule has 1 aromatic carbocycles. The SMILES string of the molecule is O=C(CCCSc1nc2cc[nH]c2c(=O)n1-c1ccc(OCC(F)(F)F)cc1)N1CCOCC1. The van der Waals surface area contributed by atoms with Crippen LogP contribution in [-0.2, 0) is 9.53 Å². The summed E-state index contributed by atoms with van der Waals surface area (Å²) >= 11 is 1.34. The van der Waals surface area contributed by atoms with Gasteiger partial charge in [0.05, 0.1) is 24.4 Å². The average Bonchev–Trinajstić information content (AvgIpc) is 3.30. The van der Waals surface area contributed by atoms with Crippen LogP contribution in [0.4, 0.5) is 13.2 Å². The minimum atomic E-state index is -4.44. The molecule has 0 atom stereocenters. The van der Waals surface area contributed by atoms with Crippen molar-refractivity contribution >= 4 is 28.7 Å². The molecule has 0 saturated carbocycles. The lowest BCUT2D eigenvalue weighted by atomic mass is 10.3. The molecule has 1 aliphatic heterocycles. The highest BCUT2D eigenvalue weighted by Gasteiger charge is 2.28. The van der Waals surface area contributed by atoms with Crippen LogP contribution < -0.4 is 10.3 Å². The Bertz CT molecular complexity index is 1190. The number of carbonyl (C=O) groups is 1. The number of hydrogen-bond acceptors (Lipinski definition) is 6. The Morgan fingerprint density at radius 1 is 1.18 bits per heavy atom. The number of rotatable bonds is 8. The number of nitrogens with zero attached hydrogens (tertiary/aromatic N) is 3. The molecule has 0 unspecified atom stereocenters. The van der Waals surface area contributed by atoms with Gasteiger partial charge in [0.25, 0.3) is 5.56 Å². The van der Waals surface area contributed by atoms with Gasteiger partial charge in [-0.05, 0) is 36.8 Å². The monoisotopic (exact) mass is 496 g/mol. The highest BCUT2D eigenvalue weighted by atomic mass is 32.2. The van der Waals surface area contributed by atoms with E-state index in [2.05, 4.69) is 9.97 Å². The molecule has 0 bridgehead atoms. The molecule has 1 aliphatic rings. The van der Waals surface area contributed by atoms with Crippen LogP contribution in [0.2, 0.25) is 0 Å². The largest absolute Gasteiger partial charge is 0.484 e. The number of fused-ring (bicyclic) bond motifs is 1. The molecular formula is C22H23F3N4O4S. The van der Waals surface area contributed by atoms with E-state index in [0.717, 1.165) is 0 Å². The molecule has 4 rings (SSSR count). The van der Waals surface area contributed by atoms with Crippen LogP contribution in [0.3, 0.4) is 0 Å². The van der Waals surface area contributed by atoms with E-state index in [-0.39, 0.29) is 17.2 Å². The number of alkyl halides is 3. The van der Waals surface area contributed by atoms with Crippen molar-refractivity contribution in [3.05, 3.63) is 46.9 Å². The molecule has 2 aromatic heterocycles. The van der Waals surface area contributed by atoms with Crippen LogP contribution in [-0.4, -0.2) is 70.2 Å². The zero-order valence-electron chi connectivity index (χ0n) is 18.1. The zero-order chi connectivity index (χ0) is 24.1. The van der Waals surface area contributed by atoms with Gasteiger partial charge in [0.1, 0.15) is 11.3 Å². The molecule has 0 aliphatic carbocycles. The van der Waals surface area contributed by atoms with E-state index in [4.69, 9.17) is 9.47 Å². The van der Waals surface area contributed by atoms with Crippen molar-refractivity contribution in [2.24, 2.45) is 0 Å². The molecule has 12 heteroatoms. The summed E-state index contributed by atoms with van der Waals surface area (Å²) in [6.07, 6.45) is -1.83. The number of benzene rings is 1. The second-order valence-corrected chi connectivity index (χ2v) is 8.68. The Labute approximate surface area is 197 Å². The Morgan fingerprint density at radius 3 is 2.62 bits per heavy atom. The maximum atomic E-state index is 13.1. The van der Waals surface area contributed by atoms with Gasteiger partial charge in [-0.3, -0.25) is 14.2 Å². The fourth-order valence-corrected chi connectivity index (χ4v) is 4.47. The molecule has 3 aromatic rings. The lowest BCUT2D eigenvalue weighted by Gasteiger charge is -2.26. The van der Waals surface area contributed by atoms with Crippen molar-refractivity contribution in [1.82, 2.24) is 19.4 Å². The molecule has 182 valence electrons. The predicted octanol–water partition coefficient (Wildman–Crippen LogP) is 3.39. The van der Waals surface area contributed by atoms with Gasteiger partial charge in [0.2, 0.25) is 5.91 Å². The number of thioether (sulfide) groups is 1. The van der Waals surface area contributed by atoms with Crippen LogP contribution in [0.1, 0.15) is 12.8 Å². The summed E-state index contributed by atoms with van der Waals surface area (Å²) in [4.78, 5) is 34.7. The number of nitrogens with one attached hydrogen (secondary N) is 1. The van der Waals surface area contributed by atoms with Crippen LogP contribution in [0.5, 0.6) is 5.75 Å². The normalized spacial score (nSPS) is 14.5. The number of amides is 1. The van der Waals surface area contributed by atoms with Crippen molar-refractivity contribution in [2.45, 2.75) is 24.2 Å². The van der Waals surface area contributed by atoms with E-state index in [1.54, 1.807) is 17.2 Å². The Hall–Kier alpha value is -2.99. The first-order valence-electron chi connectivity index (χ1n) is 10.7. The van der Waals surface area contributed by atoms with Gasteiger partial charge in [-0.2, -0.15) is 13.2 Å². The van der Waals surface area contributed by atoms with Gasteiger partial charge >= 0.3 is 6.18 Å². The van der Waals surface area contributed by atoms with Gasteiger partial charge in [-0.25, -0.2) is 4.98 Å². The number of aromatic amines is 1. The summed E-state index contributed by atoms with van der Waals surface area (Å²) in [6, 6.07) is 7.47. The standard InChI is InChI=1S/C22H23F3N4O4S/c23-22(24,25)14-33-16-5-3-15(4-6-16)29-20(31)19-17(7-8-26-19)27-21(29)34-13-1-2-18(30)28-9-11-32-12-10-28/h3-8,26H,1-2,9-14H2. The first-order chi connectivity index (χ1) is 16.3. The summed E-state index contributed by atoms with van der Waals surface area (Å²) in [5, 5.41) is 0.430. The highest BCUT2D eigenvalue weighted by molar-refractivity contribution is 7.99. The summed E-state index contributed by atoms with van der Waals surface area (Å²) < 4.78 is 48.6. The Balaban J connectivity index is 1.48. The van der Waals surface area contributed by atoms with Crippen LogP contribution in [0.15, 0.2) is 46.5 Å². The molecule has 3 heterocycles. The van der Waals surface area contributed by atoms with Gasteiger partial charge in [0.15, 0.2) is 11.8 Å². The lowest BCUT2D eigenvalue weighted by Crippen LogP contribution is -2.40. The third-order valence-corrected chi connectivity index (χ3v) is 6.20. The van der Waals surface area contributed by atoms with E-state index >= 15 is 0 Å². The molecule has 34 heavy (non-hydrogen) atoms. The van der Waals surface area contributed by atoms with E-state index in [9.17, 15) is 22.8 Å². The lowest BCUT2D eigenvalue weighted by molar-refractivity contribution is -0.153. The first kappa shape index (κ1) is 24.1. The molecular weight excluding hydrogens is 473 g/mol. The summed E-state index contributed by atoms with van der Waals surface area (Å²) in [7, 11) is 0. The molecule has 8 nitrogen and oxygen atoms in total. The maximum absolute atomic E-state index is 13.1. The van der Waals surface area contributed by atoms with Crippen molar-refractivity contribution in [2.75, 3.05) is 38.7 Å². The highest BCUT2D eigenvalue weighted by Crippen LogP contribution is 2.24. The van der Waals surface area contributed by atoms with Gasteiger partial charge in [0, 0.05) is 31.5 Å². The number of halogens is 3. The number of H-pyrrole nitrogens is 1. The molecule has 1 saturated heterocycles. The molecule has 0 spiro atoms. The quantitative estimate of drug-likeness (QED) is 0.292. The maximum Gasteiger partial charge on any atom is 0.422 e. The van der Waals surface area contributed by atoms with E-state index in [0.29, 0.717) is 66.8 Å². The van der Waals surface area contributed by atoms with E-state index in [1.807, 2.05) is 0 Å². The minimum absolute atomic E-state index is 0.0406. The zero-order valence-corrected chi connectivity index (χ0v) is 19.0. The van der Waals surface area contributed by atoms with E-state index in [1.165, 1.54) is 40.6 Å². The smallest absolute Gasteiger partial charge is 0.422 e. The molecule has 1 N–H and O–H groups in total. The third kappa shape index (κ3) is 5.92. The van der Waals surface area contributed by atoms with Crippen molar-refractivity contribution in [1.29, 1.82) is 0 Å². The summed E-state index contributed by atoms with van der Waals surface area (Å²) in [6.45, 7) is 0.896. The van der Waals surface area contributed by atoms with Gasteiger partial charge in [-0.15, -0.1) is 0 Å². The Kier molecular flexibility index (Phi) is 7.47. The number of carbonyl (C=O) groups excluding carboxylic acids is 1. The van der Waals surface area contributed by atoms with Crippen LogP contribution in [0.25, 0.3) is 16.7 Å². The number of hydrogen-bond donors (Lipinski definition) is 1. The van der Waals surface area contributed by atoms with Crippen molar-refractivity contribution < 1.29 is 27.4 Å². The minimum Gasteiger partial charge on any atom is -0.484 e. The second-order valence-electron chi connectivity index (χ2n) is 7.62. The fourth-order valence-electron chi connectivity index (χ4n) is 3.52. The summed E-state index contributed by atoms with van der Waals surface area (Å²) in [5.74, 6) is 0.675. The van der Waals surface area contributed by atoms with Crippen LogP contribution >= 0.6 is 11.8 Å². The van der Waals surface area contributed by atoms with E-state index < -0.39 is 12.8 Å². The molecule has 1 fully saturated rings. The molecule has 0 radical (unpaired) electrons. The predicted molar refractivity (Wildman–Crippen MR) is 121 cm³/mol. The average molecular weight is 497 g/mol. The first-order valence-corrected chi connectivity index (χ1v) is 11.7. The van der Waals surface area contributed by atoms with Crippen molar-refractivity contribution in [3.8, 4) is 11.4 Å². The number of aromatic nitrogens is 3. The third-order valence-electron chi connectivity index (χ3n) is 5.18.